The minimum absolute atomic E-state index is 0.605. The van der Waals surface area contributed by atoms with Gasteiger partial charge in [-0.25, -0.2) is 0 Å². The predicted octanol–water partition coefficient (Wildman–Crippen LogP) is 3.90. The second kappa shape index (κ2) is 8.97. The highest BCUT2D eigenvalue weighted by Crippen LogP contribution is 2.28. The molecule has 0 aromatic heterocycles. The molecule has 0 radical (unpaired) electrons. The third-order valence-electron chi connectivity index (χ3n) is 4.32. The summed E-state index contributed by atoms with van der Waals surface area (Å²) in [6.07, 6.45) is 8.54. The lowest BCUT2D eigenvalue weighted by atomic mass is 9.84. The fourth-order valence-corrected chi connectivity index (χ4v) is 3.51. The van der Waals surface area contributed by atoms with Gasteiger partial charge in [0, 0.05) is 25.7 Å². The topological polar surface area (TPSA) is 29.3 Å². The van der Waals surface area contributed by atoms with Crippen molar-refractivity contribution in [3.63, 3.8) is 0 Å². The van der Waals surface area contributed by atoms with Crippen molar-refractivity contribution in [2.45, 2.75) is 72.3 Å². The normalized spacial score (nSPS) is 19.6. The zero-order chi connectivity index (χ0) is 14.3. The standard InChI is InChI=1S/C17H36N2/c1-14(2)12-19(13-15(3)4)17(11-18)10-16-8-6-5-7-9-16/h14-17H,5-13,18H2,1-4H3. The van der Waals surface area contributed by atoms with Crippen molar-refractivity contribution < 1.29 is 0 Å². The molecule has 0 aliphatic heterocycles. The van der Waals surface area contributed by atoms with Crippen molar-refractivity contribution in [1.82, 2.24) is 4.90 Å². The molecule has 1 unspecified atom stereocenters. The monoisotopic (exact) mass is 268 g/mol. The van der Waals surface area contributed by atoms with E-state index in [1.807, 2.05) is 0 Å². The van der Waals surface area contributed by atoms with E-state index in [9.17, 15) is 0 Å². The lowest BCUT2D eigenvalue weighted by Crippen LogP contribution is -2.45. The van der Waals surface area contributed by atoms with Gasteiger partial charge in [0.15, 0.2) is 0 Å². The van der Waals surface area contributed by atoms with Crippen molar-refractivity contribution in [3.8, 4) is 0 Å². The van der Waals surface area contributed by atoms with Gasteiger partial charge < -0.3 is 5.73 Å². The van der Waals surface area contributed by atoms with Crippen LogP contribution in [0.4, 0.5) is 0 Å². The van der Waals surface area contributed by atoms with Crippen molar-refractivity contribution in [1.29, 1.82) is 0 Å². The molecule has 0 bridgehead atoms. The van der Waals surface area contributed by atoms with E-state index >= 15 is 0 Å². The van der Waals surface area contributed by atoms with E-state index in [1.54, 1.807) is 0 Å². The molecule has 1 aliphatic carbocycles. The molecule has 1 atom stereocenters. The maximum Gasteiger partial charge on any atom is 0.0221 e. The van der Waals surface area contributed by atoms with Crippen LogP contribution in [0.5, 0.6) is 0 Å². The van der Waals surface area contributed by atoms with Gasteiger partial charge in [-0.3, -0.25) is 4.90 Å². The Morgan fingerprint density at radius 3 is 1.89 bits per heavy atom. The smallest absolute Gasteiger partial charge is 0.0221 e. The van der Waals surface area contributed by atoms with Gasteiger partial charge in [-0.15, -0.1) is 0 Å². The Labute approximate surface area is 121 Å². The highest BCUT2D eigenvalue weighted by molar-refractivity contribution is 4.79. The van der Waals surface area contributed by atoms with Crippen molar-refractivity contribution >= 4 is 0 Å². The van der Waals surface area contributed by atoms with Crippen LogP contribution in [0.3, 0.4) is 0 Å². The Balaban J connectivity index is 2.54. The van der Waals surface area contributed by atoms with Gasteiger partial charge in [-0.1, -0.05) is 59.8 Å². The van der Waals surface area contributed by atoms with Crippen molar-refractivity contribution in [2.24, 2.45) is 23.5 Å². The summed E-state index contributed by atoms with van der Waals surface area (Å²) >= 11 is 0. The largest absolute Gasteiger partial charge is 0.329 e. The molecule has 2 N–H and O–H groups in total. The summed E-state index contributed by atoms with van der Waals surface area (Å²) in [6, 6.07) is 0.605. The average molecular weight is 268 g/mol. The summed E-state index contributed by atoms with van der Waals surface area (Å²) in [6.45, 7) is 12.5. The minimum atomic E-state index is 0.605. The van der Waals surface area contributed by atoms with Crippen LogP contribution in [0, 0.1) is 17.8 Å². The number of rotatable bonds is 8. The van der Waals surface area contributed by atoms with Crippen LogP contribution < -0.4 is 5.73 Å². The van der Waals surface area contributed by atoms with Crippen LogP contribution in [0.1, 0.15) is 66.2 Å². The van der Waals surface area contributed by atoms with Gasteiger partial charge in [-0.2, -0.15) is 0 Å². The lowest BCUT2D eigenvalue weighted by Gasteiger charge is -2.36. The van der Waals surface area contributed by atoms with E-state index in [-0.39, 0.29) is 0 Å². The zero-order valence-electron chi connectivity index (χ0n) is 13.7. The fraction of sp³-hybridized carbons (Fsp3) is 1.00. The highest BCUT2D eigenvalue weighted by Gasteiger charge is 2.23. The van der Waals surface area contributed by atoms with E-state index in [1.165, 1.54) is 51.6 Å². The summed E-state index contributed by atoms with van der Waals surface area (Å²) < 4.78 is 0. The first-order valence-electron chi connectivity index (χ1n) is 8.47. The van der Waals surface area contributed by atoms with E-state index < -0.39 is 0 Å². The Bertz CT molecular complexity index is 209. The second-order valence-corrected chi connectivity index (χ2v) is 7.37. The summed E-state index contributed by atoms with van der Waals surface area (Å²) in [7, 11) is 0. The van der Waals surface area contributed by atoms with E-state index in [2.05, 4.69) is 32.6 Å². The Morgan fingerprint density at radius 1 is 0.947 bits per heavy atom. The molecule has 2 heteroatoms. The van der Waals surface area contributed by atoms with Gasteiger partial charge in [-0.05, 0) is 24.2 Å². The molecule has 1 rings (SSSR count). The van der Waals surface area contributed by atoms with Gasteiger partial charge in [0.05, 0.1) is 0 Å². The van der Waals surface area contributed by atoms with Crippen LogP contribution in [0.25, 0.3) is 0 Å². The number of hydrogen-bond donors (Lipinski definition) is 1. The molecule has 0 aromatic rings. The summed E-state index contributed by atoms with van der Waals surface area (Å²) in [5.74, 6) is 2.41. The van der Waals surface area contributed by atoms with Gasteiger partial charge >= 0.3 is 0 Å². The molecule has 0 heterocycles. The third kappa shape index (κ3) is 6.76. The molecule has 0 saturated heterocycles. The van der Waals surface area contributed by atoms with Crippen LogP contribution >= 0.6 is 0 Å². The van der Waals surface area contributed by atoms with Gasteiger partial charge in [0.2, 0.25) is 0 Å². The first-order chi connectivity index (χ1) is 9.02. The molecule has 0 spiro atoms. The van der Waals surface area contributed by atoms with Crippen LogP contribution in [-0.2, 0) is 0 Å². The SMILES string of the molecule is CC(C)CN(CC(C)C)C(CN)CC1CCCCC1. The predicted molar refractivity (Wildman–Crippen MR) is 85.3 cm³/mol. The maximum atomic E-state index is 6.10. The third-order valence-corrected chi connectivity index (χ3v) is 4.32. The number of hydrogen-bond acceptors (Lipinski definition) is 2. The minimum Gasteiger partial charge on any atom is -0.329 e. The van der Waals surface area contributed by atoms with Crippen LogP contribution in [-0.4, -0.2) is 30.6 Å². The van der Waals surface area contributed by atoms with E-state index in [0.29, 0.717) is 6.04 Å². The van der Waals surface area contributed by atoms with Gasteiger partial charge in [0.25, 0.3) is 0 Å². The van der Waals surface area contributed by atoms with Gasteiger partial charge in [0.1, 0.15) is 0 Å². The van der Waals surface area contributed by atoms with Crippen LogP contribution in [0.15, 0.2) is 0 Å². The second-order valence-electron chi connectivity index (χ2n) is 7.37. The summed E-state index contributed by atoms with van der Waals surface area (Å²) in [5, 5.41) is 0. The Morgan fingerprint density at radius 2 is 1.47 bits per heavy atom. The zero-order valence-corrected chi connectivity index (χ0v) is 13.7. The molecule has 114 valence electrons. The number of nitrogens with zero attached hydrogens (tertiary/aromatic N) is 1. The molecular weight excluding hydrogens is 232 g/mol. The maximum absolute atomic E-state index is 6.10. The molecule has 19 heavy (non-hydrogen) atoms. The van der Waals surface area contributed by atoms with E-state index in [4.69, 9.17) is 5.73 Å². The average Bonchev–Trinajstić information content (AvgIpc) is 2.35. The first-order valence-corrected chi connectivity index (χ1v) is 8.47. The molecule has 1 aliphatic rings. The Hall–Kier alpha value is -0.0800. The molecular formula is C17H36N2. The highest BCUT2D eigenvalue weighted by atomic mass is 15.2. The van der Waals surface area contributed by atoms with Crippen LogP contribution in [0.2, 0.25) is 0 Å². The first kappa shape index (κ1) is 17.0. The number of nitrogens with two attached hydrogens (primary N) is 1. The fourth-order valence-electron chi connectivity index (χ4n) is 3.51. The molecule has 2 nitrogen and oxygen atoms in total. The van der Waals surface area contributed by atoms with Crippen molar-refractivity contribution in [2.75, 3.05) is 19.6 Å². The molecule has 0 amide bonds. The molecule has 1 saturated carbocycles. The summed E-state index contributed by atoms with van der Waals surface area (Å²) in [4.78, 5) is 2.67. The quantitative estimate of drug-likeness (QED) is 0.723. The lowest BCUT2D eigenvalue weighted by molar-refractivity contribution is 0.130. The summed E-state index contributed by atoms with van der Waals surface area (Å²) in [5.41, 5.74) is 6.10. The Kier molecular flexibility index (Phi) is 8.01. The molecule has 0 aromatic carbocycles. The molecule has 1 fully saturated rings. The van der Waals surface area contributed by atoms with E-state index in [0.717, 1.165) is 24.3 Å². The van der Waals surface area contributed by atoms with Crippen molar-refractivity contribution in [3.05, 3.63) is 0 Å².